The van der Waals surface area contributed by atoms with E-state index in [1.54, 1.807) is 11.3 Å². The summed E-state index contributed by atoms with van der Waals surface area (Å²) in [6, 6.07) is 15.2. The number of hydrogen-bond acceptors (Lipinski definition) is 10. The first-order chi connectivity index (χ1) is 33.3. The second kappa shape index (κ2) is 20.0. The average Bonchev–Trinajstić information content (AvgIpc) is 4.22. The van der Waals surface area contributed by atoms with E-state index in [2.05, 4.69) is 77.9 Å². The molecule has 0 unspecified atom stereocenters. The highest BCUT2D eigenvalue weighted by atomic mass is 32.1. The molecule has 4 aromatic carbocycles. The predicted octanol–water partition coefficient (Wildman–Crippen LogP) is 18.8. The molecule has 0 aliphatic heterocycles. The summed E-state index contributed by atoms with van der Waals surface area (Å²) in [7, 11) is 3.62. The molecule has 8 aromatic rings. The molecule has 10 heteroatoms. The Morgan fingerprint density at radius 3 is 1.37 bits per heavy atom. The Morgan fingerprint density at radius 2 is 0.868 bits per heavy atom. The Bertz CT molecular complexity index is 3030. The Kier molecular flexibility index (Phi) is 14.1. The quantitative estimate of drug-likeness (QED) is 0.0595. The lowest BCUT2D eigenvalue weighted by molar-refractivity contribution is 0.397. The number of fused-ring (bicyclic) bond motifs is 12. The van der Waals surface area contributed by atoms with Crippen molar-refractivity contribution in [1.82, 2.24) is 17.5 Å². The lowest BCUT2D eigenvalue weighted by Gasteiger charge is -2.35. The highest BCUT2D eigenvalue weighted by molar-refractivity contribution is 7.23. The van der Waals surface area contributed by atoms with Crippen molar-refractivity contribution in [3.8, 4) is 44.2 Å². The van der Waals surface area contributed by atoms with E-state index in [-0.39, 0.29) is 10.8 Å². The summed E-state index contributed by atoms with van der Waals surface area (Å²) >= 11 is 6.35. The van der Waals surface area contributed by atoms with E-state index in [0.29, 0.717) is 0 Å². The van der Waals surface area contributed by atoms with Gasteiger partial charge in [-0.3, -0.25) is 0 Å². The highest BCUT2D eigenvalue weighted by Gasteiger charge is 2.50. The van der Waals surface area contributed by atoms with E-state index in [0.717, 1.165) is 79.4 Å². The molecule has 0 N–H and O–H groups in total. The number of ether oxygens (including phenoxy) is 2. The number of methoxy groups -OCH3 is 2. The van der Waals surface area contributed by atoms with Gasteiger partial charge in [-0.25, -0.2) is 0 Å². The summed E-state index contributed by atoms with van der Waals surface area (Å²) in [4.78, 5) is 2.44. The first-order valence-corrected chi connectivity index (χ1v) is 29.2. The normalized spacial score (nSPS) is 14.4. The van der Waals surface area contributed by atoms with Crippen molar-refractivity contribution in [3.05, 3.63) is 69.1 Å². The van der Waals surface area contributed by atoms with E-state index in [1.807, 2.05) is 25.6 Å². The van der Waals surface area contributed by atoms with E-state index in [9.17, 15) is 0 Å². The fourth-order valence-corrected chi connectivity index (χ4v) is 16.2. The zero-order chi connectivity index (χ0) is 47.2. The number of benzene rings is 4. The molecule has 0 atom stereocenters. The molecule has 0 bridgehead atoms. The summed E-state index contributed by atoms with van der Waals surface area (Å²) in [5.74, 6) is 1.86. The molecule has 2 aliphatic carbocycles. The van der Waals surface area contributed by atoms with Crippen LogP contribution < -0.4 is 9.47 Å². The minimum absolute atomic E-state index is 0.0850. The highest BCUT2D eigenvalue weighted by Crippen LogP contribution is 2.64. The van der Waals surface area contributed by atoms with Crippen molar-refractivity contribution in [2.75, 3.05) is 14.2 Å². The maximum atomic E-state index is 6.26. The van der Waals surface area contributed by atoms with Crippen LogP contribution in [0.4, 0.5) is 0 Å². The van der Waals surface area contributed by atoms with E-state index < -0.39 is 0 Å². The maximum absolute atomic E-state index is 6.26. The SMILES string of the molecule is CCCCCCC1(CCCCCC)c2cc3c(cc2-c2c1cc(C)c1nsnc21)C(CCCCCC)(CCCCCC)c1cc(-c2cc4c(OC)c5sc(C)cc5c(OC)c4s2)c2nsnc2c1-3. The Labute approximate surface area is 420 Å². The van der Waals surface area contributed by atoms with Crippen molar-refractivity contribution in [2.24, 2.45) is 0 Å². The molecule has 68 heavy (non-hydrogen) atoms. The molecule has 4 aromatic heterocycles. The number of aryl methyl sites for hydroxylation is 2. The number of unbranched alkanes of at least 4 members (excludes halogenated alkanes) is 12. The summed E-state index contributed by atoms with van der Waals surface area (Å²) in [5.41, 5.74) is 18.0. The molecule has 0 saturated heterocycles. The van der Waals surface area contributed by atoms with Gasteiger partial charge in [0.15, 0.2) is 0 Å². The van der Waals surface area contributed by atoms with Crippen LogP contribution in [-0.2, 0) is 10.8 Å². The number of nitrogens with zero attached hydrogens (tertiary/aromatic N) is 4. The van der Waals surface area contributed by atoms with Gasteiger partial charge in [0, 0.05) is 48.0 Å². The molecule has 4 heterocycles. The van der Waals surface area contributed by atoms with Gasteiger partial charge < -0.3 is 9.47 Å². The van der Waals surface area contributed by atoms with Crippen LogP contribution in [0.1, 0.15) is 189 Å². The monoisotopic (exact) mass is 982 g/mol. The van der Waals surface area contributed by atoms with Gasteiger partial charge in [0.2, 0.25) is 0 Å². The molecule has 2 aliphatic rings. The van der Waals surface area contributed by atoms with Gasteiger partial charge in [0.05, 0.1) is 47.1 Å². The zero-order valence-electron chi connectivity index (χ0n) is 41.8. The van der Waals surface area contributed by atoms with Crippen molar-refractivity contribution in [1.29, 1.82) is 0 Å². The zero-order valence-corrected chi connectivity index (χ0v) is 45.1. The predicted molar refractivity (Wildman–Crippen MR) is 295 cm³/mol. The molecule has 0 fully saturated rings. The Balaban J connectivity index is 1.26. The molecule has 0 saturated carbocycles. The van der Waals surface area contributed by atoms with Gasteiger partial charge in [0.1, 0.15) is 33.6 Å². The van der Waals surface area contributed by atoms with Crippen LogP contribution in [-0.4, -0.2) is 31.7 Å². The fourth-order valence-electron chi connectivity index (χ4n) is 12.7. The molecule has 6 nitrogen and oxygen atoms in total. The van der Waals surface area contributed by atoms with Crippen molar-refractivity contribution < 1.29 is 9.47 Å². The van der Waals surface area contributed by atoms with Gasteiger partial charge in [0.25, 0.3) is 0 Å². The fraction of sp³-hybridized carbons (Fsp3) is 0.517. The second-order valence-electron chi connectivity index (χ2n) is 20.3. The van der Waals surface area contributed by atoms with E-state index in [1.165, 1.54) is 192 Å². The molecule has 0 spiro atoms. The van der Waals surface area contributed by atoms with Gasteiger partial charge in [-0.15, -0.1) is 22.7 Å². The summed E-state index contributed by atoms with van der Waals surface area (Å²) in [5, 5.41) is 2.23. The van der Waals surface area contributed by atoms with Crippen LogP contribution >= 0.6 is 46.1 Å². The second-order valence-corrected chi connectivity index (χ2v) is 23.6. The van der Waals surface area contributed by atoms with Crippen LogP contribution in [0.3, 0.4) is 0 Å². The Morgan fingerprint density at radius 1 is 0.441 bits per heavy atom. The third kappa shape index (κ3) is 7.81. The van der Waals surface area contributed by atoms with Gasteiger partial charge in [-0.2, -0.15) is 17.5 Å². The van der Waals surface area contributed by atoms with Crippen LogP contribution in [0.25, 0.3) is 74.9 Å². The topological polar surface area (TPSA) is 70.0 Å². The van der Waals surface area contributed by atoms with Gasteiger partial charge in [-0.1, -0.05) is 136 Å². The first kappa shape index (κ1) is 47.7. The average molecular weight is 983 g/mol. The van der Waals surface area contributed by atoms with Gasteiger partial charge in [-0.05, 0) is 109 Å². The van der Waals surface area contributed by atoms with Crippen LogP contribution in [0.15, 0.2) is 36.4 Å². The van der Waals surface area contributed by atoms with Crippen molar-refractivity contribution in [3.63, 3.8) is 0 Å². The van der Waals surface area contributed by atoms with E-state index in [4.69, 9.17) is 27.0 Å². The number of aromatic nitrogens is 4. The molecular formula is C58H70N4O2S4. The van der Waals surface area contributed by atoms with E-state index >= 15 is 0 Å². The minimum Gasteiger partial charge on any atom is -0.495 e. The number of thiophene rings is 2. The lowest BCUT2D eigenvalue weighted by Crippen LogP contribution is -2.27. The maximum Gasteiger partial charge on any atom is 0.145 e. The van der Waals surface area contributed by atoms with Crippen molar-refractivity contribution in [2.45, 2.75) is 181 Å². The summed E-state index contributed by atoms with van der Waals surface area (Å²) in [6.07, 6.45) is 24.5. The number of rotatable bonds is 23. The first-order valence-electron chi connectivity index (χ1n) is 26.1. The largest absolute Gasteiger partial charge is 0.495 e. The smallest absolute Gasteiger partial charge is 0.145 e. The third-order valence-corrected chi connectivity index (χ3v) is 19.3. The van der Waals surface area contributed by atoms with Crippen LogP contribution in [0.5, 0.6) is 11.5 Å². The molecular weight excluding hydrogens is 913 g/mol. The molecule has 10 rings (SSSR count). The lowest BCUT2D eigenvalue weighted by atomic mass is 9.68. The minimum atomic E-state index is -0.169. The molecule has 0 radical (unpaired) electrons. The molecule has 0 amide bonds. The number of hydrogen-bond donors (Lipinski definition) is 0. The van der Waals surface area contributed by atoms with Crippen LogP contribution in [0.2, 0.25) is 0 Å². The van der Waals surface area contributed by atoms with Crippen molar-refractivity contribution >= 4 is 88.4 Å². The third-order valence-electron chi connectivity index (χ3n) is 16.0. The summed E-state index contributed by atoms with van der Waals surface area (Å²) in [6.45, 7) is 13.8. The standard InChI is InChI=1S/C58H70N4O2S4/c1-9-13-17-21-25-57(26-22-18-14-10-2)42-32-38-43(31-37(42)47-44(57)29-35(5)49-51(47)61-67-59-49)58(27-23-19-15-11-3,28-24-20-16-12-4)45-33-39(50-52(48(38)45)62-68-60-50)46-34-41-54(64-8)55-40(30-36(6)65-55)53(63-7)56(41)66-46/h29-34H,9-28H2,1-8H3. The van der Waals surface area contributed by atoms with Crippen LogP contribution in [0, 0.1) is 13.8 Å². The Hall–Kier alpha value is -3.96. The summed E-state index contributed by atoms with van der Waals surface area (Å²) < 4.78 is 35.5. The van der Waals surface area contributed by atoms with Gasteiger partial charge >= 0.3 is 0 Å². The molecule has 358 valence electrons.